The van der Waals surface area contributed by atoms with Gasteiger partial charge in [-0.15, -0.1) is 11.3 Å². The van der Waals surface area contributed by atoms with Crippen LogP contribution >= 0.6 is 43.2 Å². The second-order valence-electron chi connectivity index (χ2n) is 3.95. The normalized spacial score (nSPS) is 11.3. The number of rotatable bonds is 3. The van der Waals surface area contributed by atoms with Crippen molar-refractivity contribution in [1.82, 2.24) is 0 Å². The third-order valence-corrected chi connectivity index (χ3v) is 6.81. The summed E-state index contributed by atoms with van der Waals surface area (Å²) in [4.78, 5) is 12.7. The number of amides is 1. The molecule has 1 amide bonds. The summed E-state index contributed by atoms with van der Waals surface area (Å²) in [6.07, 6.45) is 1.11. The van der Waals surface area contributed by atoms with Crippen LogP contribution < -0.4 is 5.32 Å². The van der Waals surface area contributed by atoms with Crippen LogP contribution in [0.2, 0.25) is 0 Å². The Kier molecular flexibility index (Phi) is 4.68. The quantitative estimate of drug-likeness (QED) is 0.789. The Bertz CT molecular complexity index is 749. The van der Waals surface area contributed by atoms with E-state index in [2.05, 4.69) is 37.2 Å². The fourth-order valence-corrected chi connectivity index (χ4v) is 4.31. The van der Waals surface area contributed by atoms with Crippen LogP contribution in [0.1, 0.15) is 9.67 Å². The highest BCUT2D eigenvalue weighted by Crippen LogP contribution is 2.33. The number of hydrogen-bond acceptors (Lipinski definition) is 4. The Balaban J connectivity index is 2.33. The van der Waals surface area contributed by atoms with Gasteiger partial charge in [-0.2, -0.15) is 0 Å². The lowest BCUT2D eigenvalue weighted by molar-refractivity contribution is 0.103. The van der Waals surface area contributed by atoms with Crippen LogP contribution in [0.3, 0.4) is 0 Å². The zero-order valence-electron chi connectivity index (χ0n) is 10.2. The number of anilines is 1. The Labute approximate surface area is 137 Å². The molecule has 0 atom stereocenters. The third-order valence-electron chi connectivity index (χ3n) is 2.40. The van der Waals surface area contributed by atoms with Crippen molar-refractivity contribution in [3.63, 3.8) is 0 Å². The molecule has 1 aromatic carbocycles. The first-order valence-corrected chi connectivity index (χ1v) is 9.63. The van der Waals surface area contributed by atoms with Crippen molar-refractivity contribution in [3.05, 3.63) is 43.5 Å². The first-order valence-electron chi connectivity index (χ1n) is 5.34. The van der Waals surface area contributed by atoms with Gasteiger partial charge in [0.1, 0.15) is 0 Å². The zero-order chi connectivity index (χ0) is 14.9. The molecular weight excluding hydrogens is 430 g/mol. The fraction of sp³-hybridized carbons (Fsp3) is 0.0833. The molecule has 0 spiro atoms. The number of carbonyl (C=O) groups is 1. The highest BCUT2D eigenvalue weighted by Gasteiger charge is 2.17. The lowest BCUT2D eigenvalue weighted by Gasteiger charge is -2.08. The van der Waals surface area contributed by atoms with Crippen molar-refractivity contribution < 1.29 is 13.2 Å². The predicted octanol–water partition coefficient (Wildman–Crippen LogP) is 3.93. The molecule has 0 saturated carbocycles. The number of hydrogen-bond donors (Lipinski definition) is 1. The molecule has 106 valence electrons. The lowest BCUT2D eigenvalue weighted by atomic mass is 10.3. The summed E-state index contributed by atoms with van der Waals surface area (Å²) in [5, 5.41) is 2.62. The van der Waals surface area contributed by atoms with Crippen LogP contribution in [0.15, 0.2) is 43.5 Å². The minimum atomic E-state index is -3.39. The van der Waals surface area contributed by atoms with Gasteiger partial charge >= 0.3 is 0 Å². The summed E-state index contributed by atoms with van der Waals surface area (Å²) < 4.78 is 24.9. The number of para-hydroxylation sites is 1. The van der Waals surface area contributed by atoms with Crippen LogP contribution in [-0.4, -0.2) is 20.6 Å². The second-order valence-corrected chi connectivity index (χ2v) is 9.16. The monoisotopic (exact) mass is 437 g/mol. The van der Waals surface area contributed by atoms with E-state index in [4.69, 9.17) is 0 Å². The van der Waals surface area contributed by atoms with Gasteiger partial charge in [-0.1, -0.05) is 12.1 Å². The molecule has 1 heterocycles. The molecule has 1 aromatic heterocycles. The number of halogens is 2. The molecule has 0 saturated heterocycles. The highest BCUT2D eigenvalue weighted by atomic mass is 79.9. The smallest absolute Gasteiger partial charge is 0.265 e. The zero-order valence-corrected chi connectivity index (χ0v) is 15.0. The maximum Gasteiger partial charge on any atom is 0.265 e. The van der Waals surface area contributed by atoms with Gasteiger partial charge in [-0.05, 0) is 50.1 Å². The Morgan fingerprint density at radius 1 is 1.25 bits per heavy atom. The van der Waals surface area contributed by atoms with Crippen molar-refractivity contribution in [1.29, 1.82) is 0 Å². The molecule has 0 bridgehead atoms. The number of thiophene rings is 1. The Hall–Kier alpha value is -0.700. The van der Waals surface area contributed by atoms with E-state index in [0.29, 0.717) is 4.88 Å². The van der Waals surface area contributed by atoms with E-state index < -0.39 is 9.84 Å². The number of benzene rings is 1. The summed E-state index contributed by atoms with van der Waals surface area (Å²) >= 11 is 7.88. The predicted molar refractivity (Wildman–Crippen MR) is 87.2 cm³/mol. The van der Waals surface area contributed by atoms with Gasteiger partial charge in [-0.3, -0.25) is 4.79 Å². The summed E-state index contributed by atoms with van der Waals surface area (Å²) in [5.41, 5.74) is 0.278. The first kappa shape index (κ1) is 15.7. The van der Waals surface area contributed by atoms with Crippen molar-refractivity contribution in [2.75, 3.05) is 11.6 Å². The average Bonchev–Trinajstić information content (AvgIpc) is 2.69. The molecule has 2 aromatic rings. The summed E-state index contributed by atoms with van der Waals surface area (Å²) in [7, 11) is -3.39. The van der Waals surface area contributed by atoms with Gasteiger partial charge in [-0.25, -0.2) is 8.42 Å². The van der Waals surface area contributed by atoms with Gasteiger partial charge in [0.15, 0.2) is 9.84 Å². The van der Waals surface area contributed by atoms with E-state index >= 15 is 0 Å². The van der Waals surface area contributed by atoms with E-state index in [1.807, 2.05) is 0 Å². The molecule has 8 heteroatoms. The minimum Gasteiger partial charge on any atom is -0.320 e. The highest BCUT2D eigenvalue weighted by molar-refractivity contribution is 9.13. The minimum absolute atomic E-state index is 0.100. The van der Waals surface area contributed by atoms with Gasteiger partial charge in [0.2, 0.25) is 0 Å². The Morgan fingerprint density at radius 3 is 2.45 bits per heavy atom. The maximum atomic E-state index is 12.1. The number of carbonyl (C=O) groups excluding carboxylic acids is 1. The van der Waals surface area contributed by atoms with Crippen LogP contribution in [-0.2, 0) is 9.84 Å². The lowest BCUT2D eigenvalue weighted by Crippen LogP contribution is -2.13. The van der Waals surface area contributed by atoms with E-state index in [0.717, 1.165) is 14.5 Å². The first-order chi connectivity index (χ1) is 9.29. The van der Waals surface area contributed by atoms with Crippen molar-refractivity contribution >= 4 is 64.6 Å². The van der Waals surface area contributed by atoms with Crippen molar-refractivity contribution in [2.24, 2.45) is 0 Å². The van der Waals surface area contributed by atoms with Crippen LogP contribution in [0, 0.1) is 0 Å². The van der Waals surface area contributed by atoms with Gasteiger partial charge in [0.25, 0.3) is 5.91 Å². The molecule has 20 heavy (non-hydrogen) atoms. The molecule has 0 aliphatic heterocycles. The van der Waals surface area contributed by atoms with Gasteiger partial charge in [0.05, 0.1) is 19.2 Å². The van der Waals surface area contributed by atoms with Gasteiger partial charge < -0.3 is 5.32 Å². The molecule has 0 fully saturated rings. The molecule has 0 unspecified atom stereocenters. The van der Waals surface area contributed by atoms with E-state index in [9.17, 15) is 13.2 Å². The molecule has 1 N–H and O–H groups in total. The van der Waals surface area contributed by atoms with Gasteiger partial charge in [0, 0.05) is 10.7 Å². The average molecular weight is 439 g/mol. The molecule has 0 radical (unpaired) electrons. The van der Waals surface area contributed by atoms with Crippen LogP contribution in [0.4, 0.5) is 5.69 Å². The molecule has 2 rings (SSSR count). The summed E-state index contributed by atoms with van der Waals surface area (Å²) in [5.74, 6) is -0.350. The SMILES string of the molecule is CS(=O)(=O)c1ccccc1NC(=O)c1cc(Br)c(Br)s1. The van der Waals surface area contributed by atoms with Crippen molar-refractivity contribution in [3.8, 4) is 0 Å². The van der Waals surface area contributed by atoms with Crippen LogP contribution in [0.25, 0.3) is 0 Å². The number of sulfone groups is 1. The summed E-state index contributed by atoms with van der Waals surface area (Å²) in [6.45, 7) is 0. The molecular formula is C12H9Br2NO3S2. The van der Waals surface area contributed by atoms with Crippen molar-refractivity contribution in [2.45, 2.75) is 4.90 Å². The van der Waals surface area contributed by atoms with E-state index in [1.54, 1.807) is 24.3 Å². The second kappa shape index (κ2) is 5.97. The fourth-order valence-electron chi connectivity index (χ4n) is 1.54. The number of nitrogens with one attached hydrogen (secondary N) is 1. The van der Waals surface area contributed by atoms with E-state index in [-0.39, 0.29) is 16.5 Å². The topological polar surface area (TPSA) is 63.2 Å². The maximum absolute atomic E-state index is 12.1. The summed E-state index contributed by atoms with van der Waals surface area (Å²) in [6, 6.07) is 7.99. The largest absolute Gasteiger partial charge is 0.320 e. The van der Waals surface area contributed by atoms with Crippen LogP contribution in [0.5, 0.6) is 0 Å². The molecule has 0 aliphatic carbocycles. The Morgan fingerprint density at radius 2 is 1.90 bits per heavy atom. The van der Waals surface area contributed by atoms with E-state index in [1.165, 1.54) is 17.4 Å². The standard InChI is InChI=1S/C12H9Br2NO3S2/c1-20(17,18)10-5-3-2-4-8(10)15-12(16)9-6-7(13)11(14)19-9/h2-6H,1H3,(H,15,16). The third kappa shape index (κ3) is 3.49. The molecule has 4 nitrogen and oxygen atoms in total. The molecule has 0 aliphatic rings.